The normalized spacial score (nSPS) is 11.3. The zero-order chi connectivity index (χ0) is 20.5. The summed E-state index contributed by atoms with van der Waals surface area (Å²) in [6.45, 7) is 0. The molecule has 0 amide bonds. The van der Waals surface area contributed by atoms with E-state index in [0.29, 0.717) is 16.3 Å². The van der Waals surface area contributed by atoms with Crippen molar-refractivity contribution in [2.24, 2.45) is 4.99 Å². The number of aromatic nitrogens is 1. The van der Waals surface area contributed by atoms with Crippen LogP contribution in [0, 0.1) is 10.1 Å². The second-order valence-corrected chi connectivity index (χ2v) is 7.53. The van der Waals surface area contributed by atoms with Gasteiger partial charge in [-0.15, -0.1) is 11.3 Å². The molecule has 1 heterocycles. The lowest BCUT2D eigenvalue weighted by Crippen LogP contribution is -1.92. The number of aliphatic imine (C=N–C) groups is 1. The molecule has 0 aliphatic rings. The SMILES string of the molecule is O=[N+]([O-])c1cc(Cl)cc(C=Nc2ccc(O)c(-c3nc4ccccc4s3)c2)c1O. The smallest absolute Gasteiger partial charge is 0.312 e. The molecule has 4 rings (SSSR count). The van der Waals surface area contributed by atoms with E-state index in [0.717, 1.165) is 16.3 Å². The van der Waals surface area contributed by atoms with Crippen LogP contribution in [-0.4, -0.2) is 26.3 Å². The van der Waals surface area contributed by atoms with Gasteiger partial charge in [-0.2, -0.15) is 0 Å². The fourth-order valence-corrected chi connectivity index (χ4v) is 3.96. The van der Waals surface area contributed by atoms with Gasteiger partial charge in [-0.05, 0) is 36.4 Å². The molecular formula is C20H12ClN3O4S. The molecule has 0 saturated heterocycles. The maximum atomic E-state index is 11.0. The summed E-state index contributed by atoms with van der Waals surface area (Å²) >= 11 is 7.34. The van der Waals surface area contributed by atoms with Crippen LogP contribution >= 0.6 is 22.9 Å². The molecule has 2 N–H and O–H groups in total. The van der Waals surface area contributed by atoms with E-state index in [4.69, 9.17) is 11.6 Å². The van der Waals surface area contributed by atoms with E-state index in [-0.39, 0.29) is 16.3 Å². The number of phenols is 2. The van der Waals surface area contributed by atoms with Crippen LogP contribution in [0.2, 0.25) is 5.02 Å². The van der Waals surface area contributed by atoms with Crippen molar-refractivity contribution in [3.63, 3.8) is 0 Å². The van der Waals surface area contributed by atoms with Crippen LogP contribution in [0.5, 0.6) is 11.5 Å². The van der Waals surface area contributed by atoms with Gasteiger partial charge in [0, 0.05) is 22.9 Å². The lowest BCUT2D eigenvalue weighted by Gasteiger charge is -2.04. The van der Waals surface area contributed by atoms with Gasteiger partial charge in [-0.1, -0.05) is 23.7 Å². The largest absolute Gasteiger partial charge is 0.507 e. The third kappa shape index (κ3) is 3.75. The molecule has 3 aromatic carbocycles. The Morgan fingerprint density at radius 3 is 2.69 bits per heavy atom. The number of hydrogen-bond acceptors (Lipinski definition) is 7. The Morgan fingerprint density at radius 2 is 1.93 bits per heavy atom. The number of nitrogens with zero attached hydrogens (tertiary/aromatic N) is 3. The first-order valence-electron chi connectivity index (χ1n) is 8.32. The fraction of sp³-hybridized carbons (Fsp3) is 0. The Morgan fingerprint density at radius 1 is 1.14 bits per heavy atom. The number of hydrogen-bond donors (Lipinski definition) is 2. The maximum Gasteiger partial charge on any atom is 0.312 e. The minimum atomic E-state index is -0.718. The molecule has 0 bridgehead atoms. The van der Waals surface area contributed by atoms with E-state index in [1.54, 1.807) is 12.1 Å². The number of thiazole rings is 1. The highest BCUT2D eigenvalue weighted by atomic mass is 35.5. The Labute approximate surface area is 173 Å². The zero-order valence-electron chi connectivity index (χ0n) is 14.6. The number of halogens is 1. The van der Waals surface area contributed by atoms with Crippen molar-refractivity contribution in [3.05, 3.63) is 75.3 Å². The van der Waals surface area contributed by atoms with Crippen molar-refractivity contribution in [1.82, 2.24) is 4.98 Å². The number of nitro groups is 1. The van der Waals surface area contributed by atoms with Gasteiger partial charge < -0.3 is 10.2 Å². The minimum absolute atomic E-state index is 0.0595. The number of nitro benzene ring substituents is 1. The molecule has 0 fully saturated rings. The summed E-state index contributed by atoms with van der Waals surface area (Å²) in [7, 11) is 0. The highest BCUT2D eigenvalue weighted by Crippen LogP contribution is 2.38. The second kappa shape index (κ2) is 7.50. The van der Waals surface area contributed by atoms with Crippen LogP contribution in [0.1, 0.15) is 5.56 Å². The molecule has 0 atom stereocenters. The molecular weight excluding hydrogens is 414 g/mol. The number of para-hydroxylation sites is 1. The average Bonchev–Trinajstić information content (AvgIpc) is 3.13. The number of fused-ring (bicyclic) bond motifs is 1. The Hall–Kier alpha value is -3.49. The van der Waals surface area contributed by atoms with Gasteiger partial charge in [0.15, 0.2) is 0 Å². The molecule has 144 valence electrons. The number of aromatic hydroxyl groups is 2. The first-order valence-corrected chi connectivity index (χ1v) is 9.52. The summed E-state index contributed by atoms with van der Waals surface area (Å²) in [5.41, 5.74) is 1.43. The van der Waals surface area contributed by atoms with E-state index in [2.05, 4.69) is 9.98 Å². The van der Waals surface area contributed by atoms with E-state index in [1.807, 2.05) is 24.3 Å². The highest BCUT2D eigenvalue weighted by molar-refractivity contribution is 7.21. The molecule has 0 aliphatic carbocycles. The fourth-order valence-electron chi connectivity index (χ4n) is 2.75. The standard InChI is InChI=1S/C20H12ClN3O4S/c21-12-7-11(19(26)16(8-12)24(27)28)10-22-13-5-6-17(25)14(9-13)20-23-15-3-1-2-4-18(15)29-20/h1-10,25-26H. The molecule has 0 unspecified atom stereocenters. The van der Waals surface area contributed by atoms with Gasteiger partial charge in [0.2, 0.25) is 5.75 Å². The van der Waals surface area contributed by atoms with Crippen molar-refractivity contribution in [2.75, 3.05) is 0 Å². The van der Waals surface area contributed by atoms with Gasteiger partial charge in [0.25, 0.3) is 0 Å². The monoisotopic (exact) mass is 425 g/mol. The molecule has 0 radical (unpaired) electrons. The lowest BCUT2D eigenvalue weighted by molar-refractivity contribution is -0.385. The molecule has 9 heteroatoms. The highest BCUT2D eigenvalue weighted by Gasteiger charge is 2.18. The van der Waals surface area contributed by atoms with Crippen molar-refractivity contribution >= 4 is 50.7 Å². The van der Waals surface area contributed by atoms with Gasteiger partial charge in [-0.25, -0.2) is 4.98 Å². The first kappa shape index (κ1) is 18.9. The molecule has 0 spiro atoms. The van der Waals surface area contributed by atoms with Crippen molar-refractivity contribution in [3.8, 4) is 22.1 Å². The first-order chi connectivity index (χ1) is 13.9. The predicted molar refractivity (Wildman–Crippen MR) is 114 cm³/mol. The van der Waals surface area contributed by atoms with Crippen LogP contribution in [-0.2, 0) is 0 Å². The van der Waals surface area contributed by atoms with Gasteiger partial charge in [-0.3, -0.25) is 15.1 Å². The molecule has 1 aromatic heterocycles. The van der Waals surface area contributed by atoms with Gasteiger partial charge in [0.1, 0.15) is 10.8 Å². The summed E-state index contributed by atoms with van der Waals surface area (Å²) in [4.78, 5) is 19.1. The van der Waals surface area contributed by atoms with E-state index in [9.17, 15) is 20.3 Å². The molecule has 4 aromatic rings. The van der Waals surface area contributed by atoms with Gasteiger partial charge >= 0.3 is 5.69 Å². The van der Waals surface area contributed by atoms with E-state index in [1.165, 1.54) is 29.7 Å². The van der Waals surface area contributed by atoms with Crippen LogP contribution in [0.3, 0.4) is 0 Å². The average molecular weight is 426 g/mol. The minimum Gasteiger partial charge on any atom is -0.507 e. The predicted octanol–water partition coefficient (Wildman–Crippen LogP) is 5.69. The van der Waals surface area contributed by atoms with E-state index >= 15 is 0 Å². The quantitative estimate of drug-likeness (QED) is 0.248. The lowest BCUT2D eigenvalue weighted by atomic mass is 10.1. The van der Waals surface area contributed by atoms with E-state index < -0.39 is 16.4 Å². The Bertz CT molecular complexity index is 1250. The molecule has 29 heavy (non-hydrogen) atoms. The molecule has 7 nitrogen and oxygen atoms in total. The van der Waals surface area contributed by atoms with Crippen molar-refractivity contribution in [1.29, 1.82) is 0 Å². The summed E-state index contributed by atoms with van der Waals surface area (Å²) in [6.07, 6.45) is 1.28. The Kier molecular flexibility index (Phi) is 4.87. The zero-order valence-corrected chi connectivity index (χ0v) is 16.2. The van der Waals surface area contributed by atoms with Crippen molar-refractivity contribution in [2.45, 2.75) is 0 Å². The van der Waals surface area contributed by atoms with Gasteiger partial charge in [0.05, 0.1) is 26.4 Å². The van der Waals surface area contributed by atoms with Crippen molar-refractivity contribution < 1.29 is 15.1 Å². The maximum absolute atomic E-state index is 11.0. The number of benzene rings is 3. The van der Waals surface area contributed by atoms with Crippen LogP contribution in [0.4, 0.5) is 11.4 Å². The molecule has 0 aliphatic heterocycles. The third-order valence-electron chi connectivity index (χ3n) is 4.14. The summed E-state index contributed by atoms with van der Waals surface area (Å²) in [6, 6.07) is 14.8. The Balaban J connectivity index is 1.72. The summed E-state index contributed by atoms with van der Waals surface area (Å²) < 4.78 is 0.993. The number of phenolic OH excluding ortho intramolecular Hbond substituents is 2. The number of rotatable bonds is 4. The summed E-state index contributed by atoms with van der Waals surface area (Å²) in [5.74, 6) is -0.461. The topological polar surface area (TPSA) is 109 Å². The van der Waals surface area contributed by atoms with Crippen LogP contribution in [0.15, 0.2) is 59.6 Å². The second-order valence-electron chi connectivity index (χ2n) is 6.07. The molecule has 0 saturated carbocycles. The summed E-state index contributed by atoms with van der Waals surface area (Å²) in [5, 5.41) is 32.1. The third-order valence-corrected chi connectivity index (χ3v) is 5.43. The van der Waals surface area contributed by atoms with Crippen LogP contribution < -0.4 is 0 Å². The van der Waals surface area contributed by atoms with Crippen LogP contribution in [0.25, 0.3) is 20.8 Å².